The summed E-state index contributed by atoms with van der Waals surface area (Å²) in [6.45, 7) is 1.92. The van der Waals surface area contributed by atoms with Gasteiger partial charge >= 0.3 is 0 Å². The zero-order chi connectivity index (χ0) is 12.6. The summed E-state index contributed by atoms with van der Waals surface area (Å²) in [6, 6.07) is 5.49. The van der Waals surface area contributed by atoms with Crippen LogP contribution in [0.3, 0.4) is 0 Å². The maximum atomic E-state index is 12.1. The summed E-state index contributed by atoms with van der Waals surface area (Å²) in [6.07, 6.45) is 2.51. The van der Waals surface area contributed by atoms with Crippen molar-refractivity contribution in [2.45, 2.75) is 19.4 Å². The highest BCUT2D eigenvalue weighted by molar-refractivity contribution is 9.10. The Morgan fingerprint density at radius 2 is 2.24 bits per heavy atom. The maximum absolute atomic E-state index is 12.1. The number of carbonyl (C=O) groups is 1. The molecule has 0 saturated carbocycles. The Hall–Kier alpha value is -1.13. The molecule has 2 aromatic rings. The Labute approximate surface area is 109 Å². The normalized spacial score (nSPS) is 12.9. The minimum Gasteiger partial charge on any atom is -0.350 e. The summed E-state index contributed by atoms with van der Waals surface area (Å²) < 4.78 is 2.96. The van der Waals surface area contributed by atoms with Crippen LogP contribution in [-0.2, 0) is 7.05 Å². The number of hydrogen-bond donors (Lipinski definition) is 1. The van der Waals surface area contributed by atoms with Gasteiger partial charge in [0.15, 0.2) is 5.78 Å². The van der Waals surface area contributed by atoms with Crippen LogP contribution >= 0.6 is 15.9 Å². The van der Waals surface area contributed by atoms with E-state index in [2.05, 4.69) is 15.9 Å². The van der Waals surface area contributed by atoms with Gasteiger partial charge in [0.25, 0.3) is 0 Å². The van der Waals surface area contributed by atoms with Crippen molar-refractivity contribution >= 4 is 32.6 Å². The number of benzene rings is 1. The Balaban J connectivity index is 2.60. The van der Waals surface area contributed by atoms with Crippen LogP contribution in [0.5, 0.6) is 0 Å². The van der Waals surface area contributed by atoms with Crippen molar-refractivity contribution in [2.24, 2.45) is 12.8 Å². The zero-order valence-corrected chi connectivity index (χ0v) is 11.5. The lowest BCUT2D eigenvalue weighted by Gasteiger charge is -2.05. The fourth-order valence-electron chi connectivity index (χ4n) is 1.94. The van der Waals surface area contributed by atoms with Gasteiger partial charge in [0, 0.05) is 34.2 Å². The average molecular weight is 295 g/mol. The fraction of sp³-hybridized carbons (Fsp3) is 0.308. The van der Waals surface area contributed by atoms with Crippen LogP contribution < -0.4 is 5.73 Å². The third-order valence-corrected chi connectivity index (χ3v) is 3.49. The van der Waals surface area contributed by atoms with Gasteiger partial charge < -0.3 is 10.3 Å². The van der Waals surface area contributed by atoms with Crippen LogP contribution in [0, 0.1) is 0 Å². The molecule has 2 N–H and O–H groups in total. The zero-order valence-electron chi connectivity index (χ0n) is 9.90. The molecule has 1 atom stereocenters. The van der Waals surface area contributed by atoms with Crippen LogP contribution in [0.25, 0.3) is 10.9 Å². The lowest BCUT2D eigenvalue weighted by molar-refractivity contribution is 0.0961. The minimum atomic E-state index is -0.413. The Morgan fingerprint density at radius 1 is 1.53 bits per heavy atom. The predicted octanol–water partition coefficient (Wildman–Crippen LogP) is 2.86. The van der Waals surface area contributed by atoms with Gasteiger partial charge in [-0.1, -0.05) is 28.9 Å². The first kappa shape index (κ1) is 12.3. The molecule has 0 saturated heterocycles. The predicted molar refractivity (Wildman–Crippen MR) is 73.2 cm³/mol. The molecule has 1 aromatic carbocycles. The molecular weight excluding hydrogens is 280 g/mol. The SMILES string of the molecule is CCC(N)C(=O)c1cn(C)c2cc(Br)ccc12. The van der Waals surface area contributed by atoms with Gasteiger partial charge in [-0.2, -0.15) is 0 Å². The monoisotopic (exact) mass is 294 g/mol. The molecular formula is C13H15BrN2O. The molecule has 3 nitrogen and oxygen atoms in total. The molecule has 1 aromatic heterocycles. The number of fused-ring (bicyclic) bond motifs is 1. The highest BCUT2D eigenvalue weighted by Gasteiger charge is 2.18. The van der Waals surface area contributed by atoms with E-state index in [1.807, 2.05) is 42.9 Å². The largest absolute Gasteiger partial charge is 0.350 e. The van der Waals surface area contributed by atoms with Crippen molar-refractivity contribution in [3.63, 3.8) is 0 Å². The first-order valence-corrected chi connectivity index (χ1v) is 6.38. The molecule has 0 radical (unpaired) electrons. The number of ketones is 1. The first-order valence-electron chi connectivity index (χ1n) is 5.59. The molecule has 0 bridgehead atoms. The Morgan fingerprint density at radius 3 is 2.88 bits per heavy atom. The molecule has 17 heavy (non-hydrogen) atoms. The summed E-state index contributed by atoms with van der Waals surface area (Å²) >= 11 is 3.43. The highest BCUT2D eigenvalue weighted by Crippen LogP contribution is 2.25. The molecule has 0 aliphatic rings. The molecule has 0 aliphatic carbocycles. The molecule has 4 heteroatoms. The smallest absolute Gasteiger partial charge is 0.181 e. The Kier molecular flexibility index (Phi) is 3.35. The van der Waals surface area contributed by atoms with Crippen LogP contribution in [0.15, 0.2) is 28.9 Å². The average Bonchev–Trinajstić information content (AvgIpc) is 2.64. The summed E-state index contributed by atoms with van der Waals surface area (Å²) in [5, 5.41) is 0.963. The second-order valence-corrected chi connectivity index (χ2v) is 5.11. The van der Waals surface area contributed by atoms with Crippen molar-refractivity contribution < 1.29 is 4.79 Å². The summed E-state index contributed by atoms with van der Waals surface area (Å²) in [5.41, 5.74) is 7.56. The summed E-state index contributed by atoms with van der Waals surface area (Å²) in [7, 11) is 1.93. The van der Waals surface area contributed by atoms with Crippen molar-refractivity contribution in [1.29, 1.82) is 0 Å². The number of aryl methyl sites for hydroxylation is 1. The molecule has 2 rings (SSSR count). The topological polar surface area (TPSA) is 48.0 Å². The van der Waals surface area contributed by atoms with Crippen molar-refractivity contribution in [1.82, 2.24) is 4.57 Å². The van der Waals surface area contributed by atoms with E-state index < -0.39 is 6.04 Å². The number of nitrogens with two attached hydrogens (primary N) is 1. The second kappa shape index (κ2) is 4.63. The third kappa shape index (κ3) is 2.15. The summed E-state index contributed by atoms with van der Waals surface area (Å²) in [5.74, 6) is 0.0143. The van der Waals surface area contributed by atoms with Gasteiger partial charge in [0.1, 0.15) is 0 Å². The van der Waals surface area contributed by atoms with Gasteiger partial charge in [-0.15, -0.1) is 0 Å². The van der Waals surface area contributed by atoms with Crippen molar-refractivity contribution in [3.05, 3.63) is 34.4 Å². The van der Waals surface area contributed by atoms with Crippen LogP contribution in [-0.4, -0.2) is 16.4 Å². The lowest BCUT2D eigenvalue weighted by atomic mass is 10.0. The number of rotatable bonds is 3. The molecule has 1 heterocycles. The number of nitrogens with zero attached hydrogens (tertiary/aromatic N) is 1. The first-order chi connectivity index (χ1) is 8.04. The maximum Gasteiger partial charge on any atom is 0.181 e. The van der Waals surface area contributed by atoms with E-state index in [0.29, 0.717) is 12.0 Å². The molecule has 0 spiro atoms. The number of hydrogen-bond acceptors (Lipinski definition) is 2. The van der Waals surface area contributed by atoms with E-state index in [4.69, 9.17) is 5.73 Å². The van der Waals surface area contributed by atoms with Crippen LogP contribution in [0.4, 0.5) is 0 Å². The van der Waals surface area contributed by atoms with Gasteiger partial charge in [0.05, 0.1) is 6.04 Å². The molecule has 0 aliphatic heterocycles. The summed E-state index contributed by atoms with van der Waals surface area (Å²) in [4.78, 5) is 12.1. The van der Waals surface area contributed by atoms with E-state index in [0.717, 1.165) is 15.4 Å². The second-order valence-electron chi connectivity index (χ2n) is 4.19. The van der Waals surface area contributed by atoms with E-state index >= 15 is 0 Å². The molecule has 0 amide bonds. The number of carbonyl (C=O) groups excluding carboxylic acids is 1. The quantitative estimate of drug-likeness (QED) is 0.885. The number of halogens is 1. The van der Waals surface area contributed by atoms with Crippen molar-refractivity contribution in [2.75, 3.05) is 0 Å². The standard InChI is InChI=1S/C13H15BrN2O/c1-3-11(15)13(17)10-7-16(2)12-6-8(14)4-5-9(10)12/h4-7,11H,3,15H2,1-2H3. The Bertz CT molecular complexity index is 574. The van der Waals surface area contributed by atoms with Crippen LogP contribution in [0.1, 0.15) is 23.7 Å². The fourth-order valence-corrected chi connectivity index (χ4v) is 2.29. The van der Waals surface area contributed by atoms with Crippen LogP contribution in [0.2, 0.25) is 0 Å². The van der Waals surface area contributed by atoms with E-state index in [1.165, 1.54) is 0 Å². The third-order valence-electron chi connectivity index (χ3n) is 2.99. The molecule has 90 valence electrons. The van der Waals surface area contributed by atoms with E-state index in [-0.39, 0.29) is 5.78 Å². The van der Waals surface area contributed by atoms with Gasteiger partial charge in [-0.25, -0.2) is 0 Å². The van der Waals surface area contributed by atoms with Crippen molar-refractivity contribution in [3.8, 4) is 0 Å². The van der Waals surface area contributed by atoms with Gasteiger partial charge in [-0.05, 0) is 18.6 Å². The lowest BCUT2D eigenvalue weighted by Crippen LogP contribution is -2.29. The van der Waals surface area contributed by atoms with E-state index in [1.54, 1.807) is 0 Å². The van der Waals surface area contributed by atoms with Gasteiger partial charge in [-0.3, -0.25) is 4.79 Å². The van der Waals surface area contributed by atoms with Gasteiger partial charge in [0.2, 0.25) is 0 Å². The molecule has 1 unspecified atom stereocenters. The van der Waals surface area contributed by atoms with E-state index in [9.17, 15) is 4.79 Å². The number of Topliss-reactive ketones (excluding diaryl/α,β-unsaturated/α-hetero) is 1. The minimum absolute atomic E-state index is 0.0143. The number of aromatic nitrogens is 1. The molecule has 0 fully saturated rings. The highest BCUT2D eigenvalue weighted by atomic mass is 79.9.